The van der Waals surface area contributed by atoms with E-state index in [1.807, 2.05) is 0 Å². The summed E-state index contributed by atoms with van der Waals surface area (Å²) in [4.78, 5) is 0. The molecule has 0 saturated heterocycles. The summed E-state index contributed by atoms with van der Waals surface area (Å²) < 4.78 is 0. The zero-order valence-electron chi connectivity index (χ0n) is 12.3. The average molecular weight is 299 g/mol. The van der Waals surface area contributed by atoms with Crippen molar-refractivity contribution in [1.29, 1.82) is 0 Å². The number of benzene rings is 1. The smallest absolute Gasteiger partial charge is 0.0474 e. The quantitative estimate of drug-likeness (QED) is 0.481. The first-order valence-corrected chi connectivity index (χ1v) is 14.1. The number of hydrogen-bond donors (Lipinski definition) is 0. The summed E-state index contributed by atoms with van der Waals surface area (Å²) in [6.45, 7) is 10.0. The van der Waals surface area contributed by atoms with Gasteiger partial charge in [-0.25, -0.2) is 0 Å². The summed E-state index contributed by atoms with van der Waals surface area (Å²) in [5.74, 6) is 0.625. The van der Waals surface area contributed by atoms with Gasteiger partial charge in [-0.1, -0.05) is 68.6 Å². The third-order valence-corrected chi connectivity index (χ3v) is 9.24. The first-order valence-electron chi connectivity index (χ1n) is 7.07. The third-order valence-electron chi connectivity index (χ3n) is 3.67. The van der Waals surface area contributed by atoms with Crippen LogP contribution < -0.4 is 0 Å². The Morgan fingerprint density at radius 3 is 2.06 bits per heavy atom. The summed E-state index contributed by atoms with van der Waals surface area (Å²) in [5, 5.41) is 0. The van der Waals surface area contributed by atoms with E-state index in [-0.39, 0.29) is 8.80 Å². The van der Waals surface area contributed by atoms with E-state index >= 15 is 0 Å². The van der Waals surface area contributed by atoms with Crippen LogP contribution in [0.25, 0.3) is 0 Å². The molecule has 0 nitrogen and oxygen atoms in total. The van der Waals surface area contributed by atoms with Gasteiger partial charge in [-0.05, 0) is 17.5 Å². The van der Waals surface area contributed by atoms with E-state index in [9.17, 15) is 0 Å². The Hall–Kier alpha value is -0.0562. The van der Waals surface area contributed by atoms with Crippen LogP contribution in [0.4, 0.5) is 0 Å². The summed E-state index contributed by atoms with van der Waals surface area (Å²) >= 11 is 5.81. The molecule has 0 fully saturated rings. The van der Waals surface area contributed by atoms with Gasteiger partial charge in [0.25, 0.3) is 0 Å². The Bertz CT molecular complexity index is 344. The van der Waals surface area contributed by atoms with Gasteiger partial charge < -0.3 is 0 Å². The molecule has 0 atom stereocenters. The SMILES string of the molecule is C[SiH](C)CC[Si](C)(C)CCc1ccc(CCl)cc1. The maximum absolute atomic E-state index is 5.81. The standard InChI is InChI=1S/C15H27ClSi2/c1-17(2)10-12-18(3,4)11-9-14-5-7-15(13-16)8-6-14/h5-8,17H,9-13H2,1-4H3. The van der Waals surface area contributed by atoms with Gasteiger partial charge in [0.05, 0.1) is 0 Å². The van der Waals surface area contributed by atoms with Crippen LogP contribution in [0, 0.1) is 0 Å². The fraction of sp³-hybridized carbons (Fsp3) is 0.600. The molecule has 1 rings (SSSR count). The van der Waals surface area contributed by atoms with Crippen molar-refractivity contribution in [2.75, 3.05) is 0 Å². The Kier molecular flexibility index (Phi) is 6.68. The van der Waals surface area contributed by atoms with Gasteiger partial charge in [0, 0.05) is 22.8 Å². The van der Waals surface area contributed by atoms with Gasteiger partial charge in [0.15, 0.2) is 0 Å². The van der Waals surface area contributed by atoms with Gasteiger partial charge in [0.1, 0.15) is 0 Å². The molecule has 0 aliphatic rings. The molecule has 0 saturated carbocycles. The maximum atomic E-state index is 5.81. The van der Waals surface area contributed by atoms with E-state index < -0.39 is 8.07 Å². The fourth-order valence-electron chi connectivity index (χ4n) is 2.08. The maximum Gasteiger partial charge on any atom is 0.0474 e. The molecule has 0 radical (unpaired) electrons. The highest BCUT2D eigenvalue weighted by atomic mass is 35.5. The molecule has 102 valence electrons. The zero-order valence-corrected chi connectivity index (χ0v) is 15.2. The first-order chi connectivity index (χ1) is 8.43. The topological polar surface area (TPSA) is 0 Å². The van der Waals surface area contributed by atoms with Gasteiger partial charge in [-0.15, -0.1) is 11.6 Å². The molecule has 0 N–H and O–H groups in total. The lowest BCUT2D eigenvalue weighted by molar-refractivity contribution is 1.07. The summed E-state index contributed by atoms with van der Waals surface area (Å²) in [6.07, 6.45) is 1.25. The van der Waals surface area contributed by atoms with E-state index in [1.54, 1.807) is 0 Å². The summed E-state index contributed by atoms with van der Waals surface area (Å²) in [7, 11) is -1.32. The lowest BCUT2D eigenvalue weighted by Crippen LogP contribution is -2.26. The molecule has 0 amide bonds. The minimum atomic E-state index is -0.962. The van der Waals surface area contributed by atoms with Gasteiger partial charge in [0.2, 0.25) is 0 Å². The lowest BCUT2D eigenvalue weighted by Gasteiger charge is -2.23. The number of rotatable bonds is 7. The van der Waals surface area contributed by atoms with Crippen LogP contribution in [-0.2, 0) is 12.3 Å². The Labute approximate surface area is 120 Å². The van der Waals surface area contributed by atoms with Crippen LogP contribution in [0.1, 0.15) is 11.1 Å². The third kappa shape index (κ3) is 6.21. The Morgan fingerprint density at radius 1 is 1.00 bits per heavy atom. The Balaban J connectivity index is 2.42. The summed E-state index contributed by atoms with van der Waals surface area (Å²) in [6, 6.07) is 13.3. The van der Waals surface area contributed by atoms with Crippen LogP contribution in [0.2, 0.25) is 44.3 Å². The molecule has 0 unspecified atom stereocenters. The molecule has 0 aliphatic heterocycles. The number of hydrogen-bond acceptors (Lipinski definition) is 0. The van der Waals surface area contributed by atoms with Crippen molar-refractivity contribution in [2.24, 2.45) is 0 Å². The Morgan fingerprint density at radius 2 is 1.56 bits per heavy atom. The highest BCUT2D eigenvalue weighted by Gasteiger charge is 2.20. The second kappa shape index (κ2) is 7.51. The minimum Gasteiger partial charge on any atom is -0.122 e. The number of aryl methyl sites for hydroxylation is 1. The molecular formula is C15H27ClSi2. The predicted molar refractivity (Wildman–Crippen MR) is 90.5 cm³/mol. The molecule has 3 heteroatoms. The van der Waals surface area contributed by atoms with E-state index in [0.29, 0.717) is 5.88 Å². The molecule has 0 spiro atoms. The molecule has 0 aromatic heterocycles. The highest BCUT2D eigenvalue weighted by Crippen LogP contribution is 2.22. The van der Waals surface area contributed by atoms with E-state index in [0.717, 1.165) is 0 Å². The molecule has 18 heavy (non-hydrogen) atoms. The monoisotopic (exact) mass is 298 g/mol. The molecule has 1 aromatic rings. The van der Waals surface area contributed by atoms with Crippen LogP contribution in [-0.4, -0.2) is 16.9 Å². The van der Waals surface area contributed by atoms with Gasteiger partial charge in [-0.3, -0.25) is 0 Å². The summed E-state index contributed by atoms with van der Waals surface area (Å²) in [5.41, 5.74) is 2.70. The van der Waals surface area contributed by atoms with E-state index in [4.69, 9.17) is 11.6 Å². The zero-order chi connectivity index (χ0) is 13.6. The molecule has 0 aliphatic carbocycles. The fourth-order valence-corrected chi connectivity index (χ4v) is 8.91. The minimum absolute atomic E-state index is 0.360. The lowest BCUT2D eigenvalue weighted by atomic mass is 10.1. The van der Waals surface area contributed by atoms with E-state index in [1.165, 1.54) is 35.7 Å². The second-order valence-electron chi connectivity index (χ2n) is 6.55. The van der Waals surface area contributed by atoms with E-state index in [2.05, 4.69) is 50.5 Å². The largest absolute Gasteiger partial charge is 0.122 e. The predicted octanol–water partition coefficient (Wildman–Crippen LogP) is 5.16. The molecular weight excluding hydrogens is 272 g/mol. The van der Waals surface area contributed by atoms with Gasteiger partial charge >= 0.3 is 0 Å². The van der Waals surface area contributed by atoms with Crippen LogP contribution >= 0.6 is 11.6 Å². The highest BCUT2D eigenvalue weighted by molar-refractivity contribution is 6.78. The first kappa shape index (κ1) is 16.0. The normalized spacial score (nSPS) is 12.1. The molecule has 0 heterocycles. The van der Waals surface area contributed by atoms with Crippen molar-refractivity contribution < 1.29 is 0 Å². The molecule has 0 bridgehead atoms. The number of halogens is 1. The van der Waals surface area contributed by atoms with Crippen molar-refractivity contribution in [3.63, 3.8) is 0 Å². The van der Waals surface area contributed by atoms with Crippen molar-refractivity contribution in [3.8, 4) is 0 Å². The van der Waals surface area contributed by atoms with Crippen LogP contribution in [0.3, 0.4) is 0 Å². The van der Waals surface area contributed by atoms with Crippen molar-refractivity contribution in [3.05, 3.63) is 35.4 Å². The molecule has 1 aromatic carbocycles. The van der Waals surface area contributed by atoms with Crippen molar-refractivity contribution >= 4 is 28.5 Å². The second-order valence-corrected chi connectivity index (χ2v) is 15.5. The van der Waals surface area contributed by atoms with Crippen molar-refractivity contribution in [2.45, 2.75) is 56.6 Å². The number of alkyl halides is 1. The van der Waals surface area contributed by atoms with Crippen LogP contribution in [0.15, 0.2) is 24.3 Å². The van der Waals surface area contributed by atoms with Gasteiger partial charge in [-0.2, -0.15) is 0 Å². The average Bonchev–Trinajstić information content (AvgIpc) is 2.35. The van der Waals surface area contributed by atoms with Crippen molar-refractivity contribution in [1.82, 2.24) is 0 Å². The van der Waals surface area contributed by atoms with Crippen LogP contribution in [0.5, 0.6) is 0 Å².